The van der Waals surface area contributed by atoms with Crippen molar-refractivity contribution in [1.82, 2.24) is 30.0 Å². The topological polar surface area (TPSA) is 74.4 Å². The van der Waals surface area contributed by atoms with Crippen molar-refractivity contribution in [3.8, 4) is 11.6 Å². The zero-order valence-corrected chi connectivity index (χ0v) is 22.9. The smallest absolute Gasteiger partial charge is 0.267 e. The molecule has 0 saturated carbocycles. The lowest BCUT2D eigenvalue weighted by atomic mass is 9.97. The van der Waals surface area contributed by atoms with Crippen molar-refractivity contribution in [2.75, 3.05) is 37.6 Å². The van der Waals surface area contributed by atoms with E-state index in [2.05, 4.69) is 69.9 Å². The predicted molar refractivity (Wildman–Crippen MR) is 147 cm³/mol. The monoisotopic (exact) mass is 503 g/mol. The van der Waals surface area contributed by atoms with E-state index in [1.165, 1.54) is 37.1 Å². The molecule has 0 amide bonds. The first-order valence-electron chi connectivity index (χ1n) is 14.0. The van der Waals surface area contributed by atoms with Gasteiger partial charge in [-0.05, 0) is 58.2 Å². The molecule has 2 saturated heterocycles. The number of aryl methyl sites for hydroxylation is 3. The van der Waals surface area contributed by atoms with E-state index in [9.17, 15) is 0 Å². The summed E-state index contributed by atoms with van der Waals surface area (Å²) in [6.07, 6.45) is 7.18. The second kappa shape index (κ2) is 11.7. The molecule has 8 nitrogen and oxygen atoms in total. The SMILES string of the molecule is CCCc1nnc(-c2cnc(N3CCN(C4CCN(Cc5ccc(C)cc5)CC4)[C@@H](CC)C3)c(C)n2)o1. The van der Waals surface area contributed by atoms with Crippen molar-refractivity contribution in [1.29, 1.82) is 0 Å². The molecule has 0 radical (unpaired) electrons. The highest BCUT2D eigenvalue weighted by Crippen LogP contribution is 2.28. The molecule has 0 bridgehead atoms. The Kier molecular flexibility index (Phi) is 8.15. The second-order valence-corrected chi connectivity index (χ2v) is 10.7. The molecule has 0 N–H and O–H groups in total. The zero-order chi connectivity index (χ0) is 25.8. The minimum atomic E-state index is 0.454. The van der Waals surface area contributed by atoms with Gasteiger partial charge in [-0.25, -0.2) is 9.97 Å². The third-order valence-corrected chi connectivity index (χ3v) is 7.92. The zero-order valence-electron chi connectivity index (χ0n) is 22.9. The lowest BCUT2D eigenvalue weighted by Crippen LogP contribution is -2.58. The van der Waals surface area contributed by atoms with Crippen LogP contribution in [0.15, 0.2) is 34.9 Å². The van der Waals surface area contributed by atoms with Crippen LogP contribution in [0.3, 0.4) is 0 Å². The first-order chi connectivity index (χ1) is 18.0. The molecule has 1 atom stereocenters. The minimum absolute atomic E-state index is 0.454. The summed E-state index contributed by atoms with van der Waals surface area (Å²) in [7, 11) is 0. The van der Waals surface area contributed by atoms with Gasteiger partial charge in [0.15, 0.2) is 0 Å². The van der Waals surface area contributed by atoms with Crippen LogP contribution in [0, 0.1) is 13.8 Å². The molecular formula is C29H41N7O. The van der Waals surface area contributed by atoms with Crippen molar-refractivity contribution in [2.24, 2.45) is 0 Å². The summed E-state index contributed by atoms with van der Waals surface area (Å²) in [5.74, 6) is 2.09. The average Bonchev–Trinajstić information content (AvgIpc) is 3.39. The first-order valence-corrected chi connectivity index (χ1v) is 14.0. The van der Waals surface area contributed by atoms with Crippen LogP contribution in [0.5, 0.6) is 0 Å². The Morgan fingerprint density at radius 3 is 2.46 bits per heavy atom. The molecule has 0 aliphatic carbocycles. The Balaban J connectivity index is 1.18. The third kappa shape index (κ3) is 6.02. The summed E-state index contributed by atoms with van der Waals surface area (Å²) in [6, 6.07) is 10.2. The first kappa shape index (κ1) is 25.8. The van der Waals surface area contributed by atoms with Gasteiger partial charge in [-0.3, -0.25) is 9.80 Å². The molecule has 4 heterocycles. The van der Waals surface area contributed by atoms with Gasteiger partial charge >= 0.3 is 0 Å². The molecule has 2 fully saturated rings. The lowest BCUT2D eigenvalue weighted by molar-refractivity contribution is 0.0610. The van der Waals surface area contributed by atoms with Gasteiger partial charge in [0.1, 0.15) is 11.5 Å². The number of hydrogen-bond acceptors (Lipinski definition) is 8. The van der Waals surface area contributed by atoms with E-state index in [4.69, 9.17) is 14.4 Å². The molecule has 2 aliphatic heterocycles. The number of aromatic nitrogens is 4. The van der Waals surface area contributed by atoms with Gasteiger partial charge in [-0.2, -0.15) is 0 Å². The van der Waals surface area contributed by atoms with Crippen molar-refractivity contribution >= 4 is 5.82 Å². The summed E-state index contributed by atoms with van der Waals surface area (Å²) < 4.78 is 5.76. The fourth-order valence-electron chi connectivity index (χ4n) is 5.83. The van der Waals surface area contributed by atoms with Gasteiger partial charge in [0.25, 0.3) is 5.89 Å². The van der Waals surface area contributed by atoms with Gasteiger partial charge in [0, 0.05) is 44.7 Å². The van der Waals surface area contributed by atoms with E-state index in [0.29, 0.717) is 29.6 Å². The molecule has 2 aromatic heterocycles. The standard InChI is InChI=1S/C29H41N7O/c1-5-7-27-32-33-29(37-27)26-18-30-28(22(4)31-26)35-16-17-36(24(6-2)20-35)25-12-14-34(15-13-25)19-23-10-8-21(3)9-11-23/h8-11,18,24-25H,5-7,12-17,19-20H2,1-4H3/t24-/m0/s1. The maximum atomic E-state index is 5.76. The lowest BCUT2D eigenvalue weighted by Gasteiger charge is -2.47. The summed E-state index contributed by atoms with van der Waals surface area (Å²) in [5, 5.41) is 8.29. The summed E-state index contributed by atoms with van der Waals surface area (Å²) in [5.41, 5.74) is 4.32. The van der Waals surface area contributed by atoms with Crippen molar-refractivity contribution in [3.05, 3.63) is 53.2 Å². The normalized spacial score (nSPS) is 20.0. The Bertz CT molecular complexity index is 1150. The van der Waals surface area contributed by atoms with Crippen LogP contribution in [0.2, 0.25) is 0 Å². The van der Waals surface area contributed by atoms with Gasteiger partial charge in [-0.1, -0.05) is 43.7 Å². The number of piperidine rings is 1. The van der Waals surface area contributed by atoms with E-state index >= 15 is 0 Å². The van der Waals surface area contributed by atoms with E-state index in [0.717, 1.165) is 57.0 Å². The van der Waals surface area contributed by atoms with Crippen molar-refractivity contribution in [3.63, 3.8) is 0 Å². The molecule has 8 heteroatoms. The maximum Gasteiger partial charge on any atom is 0.267 e. The van der Waals surface area contributed by atoms with Crippen molar-refractivity contribution < 1.29 is 4.42 Å². The fourth-order valence-corrected chi connectivity index (χ4v) is 5.83. The number of rotatable bonds is 8. The van der Waals surface area contributed by atoms with Crippen LogP contribution >= 0.6 is 0 Å². The van der Waals surface area contributed by atoms with Gasteiger partial charge in [-0.15, -0.1) is 10.2 Å². The van der Waals surface area contributed by atoms with Crippen LogP contribution in [-0.4, -0.2) is 74.8 Å². The largest absolute Gasteiger partial charge is 0.419 e. The summed E-state index contributed by atoms with van der Waals surface area (Å²) in [4.78, 5) is 17.4. The summed E-state index contributed by atoms with van der Waals surface area (Å²) in [6.45, 7) is 15.1. The molecule has 3 aromatic rings. The number of piperazine rings is 1. The Morgan fingerprint density at radius 1 is 0.973 bits per heavy atom. The molecule has 2 aliphatic rings. The molecule has 1 aromatic carbocycles. The van der Waals surface area contributed by atoms with Gasteiger partial charge < -0.3 is 9.32 Å². The van der Waals surface area contributed by atoms with E-state index in [-0.39, 0.29) is 0 Å². The predicted octanol–water partition coefficient (Wildman–Crippen LogP) is 4.66. The van der Waals surface area contributed by atoms with Gasteiger partial charge in [0.2, 0.25) is 5.89 Å². The molecular weight excluding hydrogens is 462 g/mol. The number of nitrogens with zero attached hydrogens (tertiary/aromatic N) is 7. The maximum absolute atomic E-state index is 5.76. The Hall–Kier alpha value is -2.84. The fraction of sp³-hybridized carbons (Fsp3) is 0.586. The minimum Gasteiger partial charge on any atom is -0.419 e. The van der Waals surface area contributed by atoms with E-state index in [1.807, 2.05) is 6.92 Å². The molecule has 198 valence electrons. The molecule has 37 heavy (non-hydrogen) atoms. The average molecular weight is 504 g/mol. The number of benzene rings is 1. The third-order valence-electron chi connectivity index (χ3n) is 7.92. The Labute approximate surface area is 221 Å². The van der Waals surface area contributed by atoms with Crippen LogP contribution in [0.25, 0.3) is 11.6 Å². The molecule has 0 spiro atoms. The highest BCUT2D eigenvalue weighted by molar-refractivity contribution is 5.51. The molecule has 0 unspecified atom stereocenters. The highest BCUT2D eigenvalue weighted by atomic mass is 16.4. The number of anilines is 1. The van der Waals surface area contributed by atoms with Crippen molar-refractivity contribution in [2.45, 2.75) is 78.4 Å². The Morgan fingerprint density at radius 2 is 1.76 bits per heavy atom. The summed E-state index contributed by atoms with van der Waals surface area (Å²) >= 11 is 0. The van der Waals surface area contributed by atoms with Crippen LogP contribution in [0.1, 0.15) is 62.2 Å². The molecule has 5 rings (SSSR count). The quantitative estimate of drug-likeness (QED) is 0.439. The number of hydrogen-bond donors (Lipinski definition) is 0. The van der Waals surface area contributed by atoms with Crippen LogP contribution < -0.4 is 4.90 Å². The van der Waals surface area contributed by atoms with Gasteiger partial charge in [0.05, 0.1) is 11.9 Å². The van der Waals surface area contributed by atoms with Crippen LogP contribution in [-0.2, 0) is 13.0 Å². The highest BCUT2D eigenvalue weighted by Gasteiger charge is 2.34. The van der Waals surface area contributed by atoms with Crippen LogP contribution in [0.4, 0.5) is 5.82 Å². The van der Waals surface area contributed by atoms with E-state index in [1.54, 1.807) is 6.20 Å². The van der Waals surface area contributed by atoms with E-state index < -0.39 is 0 Å². The number of likely N-dealkylation sites (tertiary alicyclic amines) is 1. The second-order valence-electron chi connectivity index (χ2n) is 10.7.